The van der Waals surface area contributed by atoms with E-state index in [1.165, 1.54) is 23.0 Å². The molecule has 0 saturated heterocycles. The van der Waals surface area contributed by atoms with Crippen LogP contribution in [0.2, 0.25) is 0 Å². The normalized spacial score (nSPS) is 16.8. The standard InChI is InChI=1S/C28H21N3O3S/c1-17-6-4-7-18(14-17)15-24-27(32)30-26(20-9-5-10-21(16-20)31(33)34)23-13-12-19-8-2-3-11-22(19)25(23)29-28(30)35-24/h2-11,14-16,26H,12-13H2,1H3/b24-15-/t26-/m1/s1. The van der Waals surface area contributed by atoms with Crippen molar-refractivity contribution in [2.45, 2.75) is 25.8 Å². The molecular weight excluding hydrogens is 458 g/mol. The number of non-ortho nitro benzene ring substituents is 1. The molecule has 6 nitrogen and oxygen atoms in total. The van der Waals surface area contributed by atoms with Crippen molar-refractivity contribution >= 4 is 28.8 Å². The summed E-state index contributed by atoms with van der Waals surface area (Å²) in [5, 5.41) is 11.5. The predicted octanol–water partition coefficient (Wildman–Crippen LogP) is 4.54. The van der Waals surface area contributed by atoms with E-state index < -0.39 is 11.0 Å². The van der Waals surface area contributed by atoms with Crippen LogP contribution in [0.4, 0.5) is 5.69 Å². The monoisotopic (exact) mass is 479 g/mol. The fraction of sp³-hybridized carbons (Fsp3) is 0.143. The summed E-state index contributed by atoms with van der Waals surface area (Å²) in [5.41, 5.74) is 6.89. The molecule has 1 aliphatic heterocycles. The van der Waals surface area contributed by atoms with Crippen molar-refractivity contribution in [1.29, 1.82) is 0 Å². The third kappa shape index (κ3) is 3.65. The zero-order chi connectivity index (χ0) is 24.1. The first-order valence-electron chi connectivity index (χ1n) is 11.4. The van der Waals surface area contributed by atoms with Crippen LogP contribution in [0.5, 0.6) is 0 Å². The highest BCUT2D eigenvalue weighted by atomic mass is 32.1. The van der Waals surface area contributed by atoms with Gasteiger partial charge in [-0.3, -0.25) is 19.5 Å². The molecule has 2 aliphatic rings. The lowest BCUT2D eigenvalue weighted by molar-refractivity contribution is -0.384. The van der Waals surface area contributed by atoms with Gasteiger partial charge in [-0.15, -0.1) is 0 Å². The molecule has 0 spiro atoms. The Morgan fingerprint density at radius 3 is 2.71 bits per heavy atom. The molecule has 1 aliphatic carbocycles. The topological polar surface area (TPSA) is 77.5 Å². The predicted molar refractivity (Wildman–Crippen MR) is 137 cm³/mol. The minimum absolute atomic E-state index is 0.0137. The molecule has 3 aromatic carbocycles. The number of allylic oxidation sites excluding steroid dienone is 1. The van der Waals surface area contributed by atoms with Crippen LogP contribution in [0, 0.1) is 17.0 Å². The number of nitro benzene ring substituents is 1. The van der Waals surface area contributed by atoms with Gasteiger partial charge in [0.1, 0.15) is 0 Å². The lowest BCUT2D eigenvalue weighted by Gasteiger charge is -2.30. The molecule has 0 saturated carbocycles. The van der Waals surface area contributed by atoms with Gasteiger partial charge in [0.15, 0.2) is 4.80 Å². The molecule has 0 bridgehead atoms. The second kappa shape index (κ2) is 8.29. The molecule has 172 valence electrons. The summed E-state index contributed by atoms with van der Waals surface area (Å²) in [6.45, 7) is 2.02. The largest absolute Gasteiger partial charge is 0.272 e. The van der Waals surface area contributed by atoms with Crippen molar-refractivity contribution in [2.24, 2.45) is 4.99 Å². The minimum Gasteiger partial charge on any atom is -0.272 e. The fourth-order valence-corrected chi connectivity index (χ4v) is 6.04. The Morgan fingerprint density at radius 1 is 1.06 bits per heavy atom. The van der Waals surface area contributed by atoms with Crippen molar-refractivity contribution < 1.29 is 4.92 Å². The van der Waals surface area contributed by atoms with Gasteiger partial charge >= 0.3 is 0 Å². The first kappa shape index (κ1) is 21.4. The van der Waals surface area contributed by atoms with Crippen molar-refractivity contribution in [3.63, 3.8) is 0 Å². The van der Waals surface area contributed by atoms with Crippen LogP contribution in [0.15, 0.2) is 88.2 Å². The Kier molecular flexibility index (Phi) is 5.07. The first-order valence-corrected chi connectivity index (χ1v) is 12.3. The van der Waals surface area contributed by atoms with Crippen molar-refractivity contribution in [2.75, 3.05) is 0 Å². The maximum atomic E-state index is 13.8. The zero-order valence-corrected chi connectivity index (χ0v) is 19.8. The van der Waals surface area contributed by atoms with E-state index in [4.69, 9.17) is 4.99 Å². The smallest absolute Gasteiger partial charge is 0.271 e. The molecule has 0 fully saturated rings. The van der Waals surface area contributed by atoms with Crippen molar-refractivity contribution in [3.8, 4) is 0 Å². The average molecular weight is 480 g/mol. The Bertz CT molecular complexity index is 1730. The second-order valence-corrected chi connectivity index (χ2v) is 9.89. The van der Waals surface area contributed by atoms with E-state index >= 15 is 0 Å². The molecule has 0 amide bonds. The van der Waals surface area contributed by atoms with E-state index in [-0.39, 0.29) is 11.2 Å². The van der Waals surface area contributed by atoms with Crippen LogP contribution in [0.3, 0.4) is 0 Å². The highest BCUT2D eigenvalue weighted by molar-refractivity contribution is 7.07. The Hall–Kier alpha value is -4.10. The summed E-state index contributed by atoms with van der Waals surface area (Å²) in [5.74, 6) is 0. The number of thiazole rings is 1. The number of aryl methyl sites for hydroxylation is 2. The lowest BCUT2D eigenvalue weighted by Crippen LogP contribution is -2.38. The van der Waals surface area contributed by atoms with E-state index in [2.05, 4.69) is 12.1 Å². The number of aromatic nitrogens is 1. The molecule has 0 unspecified atom stereocenters. The SMILES string of the molecule is Cc1cccc(/C=c2\sc3n(c2=O)[C@H](c2cccc([N+](=O)[O-])c2)C2=C(N=3)c3ccccc3CC2)c1. The summed E-state index contributed by atoms with van der Waals surface area (Å²) in [6, 6.07) is 22.4. The van der Waals surface area contributed by atoms with E-state index in [1.807, 2.05) is 55.5 Å². The molecule has 7 heteroatoms. The third-order valence-electron chi connectivity index (χ3n) is 6.61. The molecule has 4 aromatic rings. The Labute approximate surface area is 205 Å². The van der Waals surface area contributed by atoms with Crippen molar-refractivity contribution in [3.05, 3.63) is 136 Å². The molecule has 6 rings (SSSR count). The van der Waals surface area contributed by atoms with Crippen molar-refractivity contribution in [1.82, 2.24) is 4.57 Å². The maximum Gasteiger partial charge on any atom is 0.271 e. The number of fused-ring (bicyclic) bond motifs is 3. The lowest BCUT2D eigenvalue weighted by atomic mass is 9.83. The van der Waals surface area contributed by atoms with Gasteiger partial charge in [-0.25, -0.2) is 4.99 Å². The summed E-state index contributed by atoms with van der Waals surface area (Å²) in [6.07, 6.45) is 3.48. The van der Waals surface area contributed by atoms with Gasteiger partial charge in [0.2, 0.25) is 0 Å². The van der Waals surface area contributed by atoms with Gasteiger partial charge in [0, 0.05) is 17.7 Å². The van der Waals surface area contributed by atoms with Gasteiger partial charge < -0.3 is 0 Å². The van der Waals surface area contributed by atoms with Crippen LogP contribution < -0.4 is 14.9 Å². The number of rotatable bonds is 3. The number of benzene rings is 3. The molecule has 1 aromatic heterocycles. The number of hydrogen-bond donors (Lipinski definition) is 0. The molecular formula is C28H21N3O3S. The quantitative estimate of drug-likeness (QED) is 0.320. The van der Waals surface area contributed by atoms with E-state index in [0.29, 0.717) is 9.33 Å². The van der Waals surface area contributed by atoms with Gasteiger partial charge in [-0.1, -0.05) is 77.6 Å². The van der Waals surface area contributed by atoms with Crippen LogP contribution in [0.1, 0.15) is 40.3 Å². The fourth-order valence-electron chi connectivity index (χ4n) is 5.04. The first-order chi connectivity index (χ1) is 17.0. The van der Waals surface area contributed by atoms with Crippen LogP contribution in [-0.4, -0.2) is 9.49 Å². The molecule has 0 N–H and O–H groups in total. The molecule has 2 heterocycles. The number of hydrogen-bond acceptors (Lipinski definition) is 5. The van der Waals surface area contributed by atoms with Gasteiger partial charge in [0.05, 0.1) is 21.2 Å². The summed E-state index contributed by atoms with van der Waals surface area (Å²) < 4.78 is 2.32. The number of nitrogens with zero attached hydrogens (tertiary/aromatic N) is 3. The Balaban J connectivity index is 1.64. The van der Waals surface area contributed by atoms with Gasteiger partial charge in [0.25, 0.3) is 11.2 Å². The number of nitro groups is 1. The molecule has 35 heavy (non-hydrogen) atoms. The van der Waals surface area contributed by atoms with E-state index in [0.717, 1.165) is 46.4 Å². The highest BCUT2D eigenvalue weighted by Gasteiger charge is 2.33. The zero-order valence-electron chi connectivity index (χ0n) is 19.0. The van der Waals surface area contributed by atoms with E-state index in [1.54, 1.807) is 16.7 Å². The summed E-state index contributed by atoms with van der Waals surface area (Å²) >= 11 is 1.36. The highest BCUT2D eigenvalue weighted by Crippen LogP contribution is 2.41. The minimum atomic E-state index is -0.436. The Morgan fingerprint density at radius 2 is 1.89 bits per heavy atom. The van der Waals surface area contributed by atoms with E-state index in [9.17, 15) is 14.9 Å². The maximum absolute atomic E-state index is 13.8. The molecule has 1 atom stereocenters. The molecule has 0 radical (unpaired) electrons. The van der Waals surface area contributed by atoms with Gasteiger partial charge in [-0.2, -0.15) is 0 Å². The second-order valence-electron chi connectivity index (χ2n) is 8.88. The summed E-state index contributed by atoms with van der Waals surface area (Å²) in [4.78, 5) is 30.5. The third-order valence-corrected chi connectivity index (χ3v) is 7.59. The summed E-state index contributed by atoms with van der Waals surface area (Å²) in [7, 11) is 0. The van der Waals surface area contributed by atoms with Crippen LogP contribution >= 0.6 is 11.3 Å². The average Bonchev–Trinajstić information content (AvgIpc) is 3.17. The van der Waals surface area contributed by atoms with Crippen LogP contribution in [-0.2, 0) is 6.42 Å². The van der Waals surface area contributed by atoms with Gasteiger partial charge in [-0.05, 0) is 48.1 Å². The van der Waals surface area contributed by atoms with Crippen LogP contribution in [0.25, 0.3) is 11.8 Å².